The summed E-state index contributed by atoms with van der Waals surface area (Å²) in [6.45, 7) is 20.6. The average molecular weight is 1410 g/mol. The van der Waals surface area contributed by atoms with Gasteiger partial charge >= 0.3 is 18.2 Å². The number of carbonyl (C=O) groups excluding carboxylic acids is 3. The van der Waals surface area contributed by atoms with Crippen LogP contribution in [0.1, 0.15) is 177 Å². The van der Waals surface area contributed by atoms with Gasteiger partial charge in [-0.05, 0) is 146 Å². The van der Waals surface area contributed by atoms with Crippen LogP contribution in [-0.2, 0) is 97.0 Å². The molecule has 6 aromatic rings. The second-order valence-corrected chi connectivity index (χ2v) is 32.3. The van der Waals surface area contributed by atoms with Crippen molar-refractivity contribution in [2.24, 2.45) is 0 Å². The first-order valence-corrected chi connectivity index (χ1v) is 36.5. The Morgan fingerprint density at radius 3 is 1.79 bits per heavy atom. The normalized spacial score (nSPS) is 23.9. The summed E-state index contributed by atoms with van der Waals surface area (Å²) in [5, 5.41) is 21.9. The van der Waals surface area contributed by atoms with Crippen molar-refractivity contribution in [3.63, 3.8) is 0 Å². The van der Waals surface area contributed by atoms with E-state index in [2.05, 4.69) is 35.3 Å². The number of ether oxygens (including phenoxy) is 6. The zero-order valence-corrected chi connectivity index (χ0v) is 60.7. The van der Waals surface area contributed by atoms with E-state index < -0.39 is 50.5 Å². The van der Waals surface area contributed by atoms with E-state index in [1.54, 1.807) is 40.3 Å². The summed E-state index contributed by atoms with van der Waals surface area (Å²) in [7, 11) is 3.00. The number of aromatic nitrogens is 8. The zero-order valence-electron chi connectivity index (χ0n) is 59.9. The summed E-state index contributed by atoms with van der Waals surface area (Å²) >= 11 is 0. The number of hydrogen-bond acceptors (Lipinski definition) is 21. The Morgan fingerprint density at radius 2 is 1.26 bits per heavy atom. The van der Waals surface area contributed by atoms with Gasteiger partial charge < -0.3 is 53.1 Å². The van der Waals surface area contributed by atoms with E-state index in [1.807, 2.05) is 106 Å². The third-order valence-electron chi connectivity index (χ3n) is 20.3. The minimum atomic E-state index is -3.80. The topological polar surface area (TPSA) is 297 Å². The van der Waals surface area contributed by atoms with Gasteiger partial charge in [-0.3, -0.25) is 34.1 Å². The van der Waals surface area contributed by atoms with Crippen LogP contribution >= 0.6 is 0 Å². The first kappa shape index (κ1) is 71.0. The van der Waals surface area contributed by atoms with Crippen LogP contribution in [0.25, 0.3) is 0 Å². The van der Waals surface area contributed by atoms with E-state index in [-0.39, 0.29) is 73.6 Å². The first-order chi connectivity index (χ1) is 47.7. The largest absolute Gasteiger partial charge is 0.465 e. The molecule has 2 saturated heterocycles. The van der Waals surface area contributed by atoms with Crippen LogP contribution in [0.4, 0.5) is 37.0 Å². The maximum atomic E-state index is 14.7. The molecule has 101 heavy (non-hydrogen) atoms. The summed E-state index contributed by atoms with van der Waals surface area (Å²) in [6, 6.07) is 15.1. The number of halogens is 1. The lowest BCUT2D eigenvalue weighted by atomic mass is 9.80. The molecule has 12 heterocycles. The number of alkyl halides is 1. The number of carboxylic acid groups (broad SMARTS) is 1. The molecule has 2 spiro atoms. The predicted molar refractivity (Wildman–Crippen MR) is 370 cm³/mol. The number of fused-ring (bicyclic) bond motifs is 9. The van der Waals surface area contributed by atoms with Gasteiger partial charge in [0.1, 0.15) is 41.2 Å². The molecule has 2 aromatic carbocycles. The molecule has 2 N–H and O–H groups in total. The third-order valence-corrected chi connectivity index (χ3v) is 21.1. The molecule has 0 unspecified atom stereocenters. The van der Waals surface area contributed by atoms with Gasteiger partial charge in [-0.15, -0.1) is 0 Å². The zero-order chi connectivity index (χ0) is 72.0. The molecule has 2 fully saturated rings. The lowest BCUT2D eigenvalue weighted by Crippen LogP contribution is -2.47. The average Bonchev–Trinajstić information content (AvgIpc) is 1.50. The fourth-order valence-corrected chi connectivity index (χ4v) is 15.9. The Balaban J connectivity index is 0.000000182. The van der Waals surface area contributed by atoms with Crippen LogP contribution in [0.3, 0.4) is 0 Å². The number of amides is 4. The van der Waals surface area contributed by atoms with Crippen LogP contribution < -0.4 is 24.8 Å². The van der Waals surface area contributed by atoms with Crippen LogP contribution in [0.15, 0.2) is 53.7 Å². The van der Waals surface area contributed by atoms with Crippen LogP contribution in [-0.4, -0.2) is 195 Å². The maximum Gasteiger partial charge on any atom is 0.412 e. The Morgan fingerprint density at radius 1 is 0.713 bits per heavy atom. The molecule has 0 saturated carbocycles. The number of hydrogen-bond donors (Lipinski definition) is 2. The Labute approximate surface area is 587 Å². The Kier molecular flexibility index (Phi) is 18.8. The van der Waals surface area contributed by atoms with Crippen molar-refractivity contribution in [2.75, 3.05) is 100 Å². The monoisotopic (exact) mass is 1410 g/mol. The van der Waals surface area contributed by atoms with E-state index in [9.17, 15) is 37.1 Å². The van der Waals surface area contributed by atoms with Crippen molar-refractivity contribution >= 4 is 56.8 Å². The van der Waals surface area contributed by atoms with E-state index in [0.717, 1.165) is 77.0 Å². The molecule has 8 aliphatic heterocycles. The molecule has 6 atom stereocenters. The van der Waals surface area contributed by atoms with E-state index >= 15 is 0 Å². The van der Waals surface area contributed by atoms with Crippen LogP contribution in [0.2, 0.25) is 0 Å². The minimum Gasteiger partial charge on any atom is -0.465 e. The lowest BCUT2D eigenvalue weighted by molar-refractivity contribution is -0.148. The standard InChI is InChI=1S/C39H51FN8O6.C32H41N7O7S/c1-24-28-10-9-26(41-36(50)54-37(2,3)4)15-30(28)39(23-51-24)18-32-29(21-53-39)33(43-35(42-32)52-22-38-11-7-13-47(38)19-25(40)17-38)46-12-8-14-48-27(20-46)16-31(44-48)34(49)45(5)6;1-19-22-10-9-20(39(30(41)42)31(2,3)4)13-24(22)32(18-45-19)15-26-23(17-46-32)27(34-29(33-26)47(7,43)44)37-11-8-12-38-21(16-37)14-25(35-38)28(40)36(5)6/h9-10,15-16,24-25H,7-8,11-14,17-23H2,1-6H3,(H,41,50);9-10,13-14,19H,8,11-12,15-18H2,1-7H3,(H,41,42)/t24-,25+,38-,39-;19-,32-/m00/s1. The fourth-order valence-electron chi connectivity index (χ4n) is 15.4. The summed E-state index contributed by atoms with van der Waals surface area (Å²) in [4.78, 5) is 80.6. The lowest BCUT2D eigenvalue weighted by Gasteiger charge is -2.44. The molecule has 4 amide bonds. The Hall–Kier alpha value is -8.42. The molecule has 0 bridgehead atoms. The molecule has 14 rings (SSSR count). The minimum absolute atomic E-state index is 0.0815. The number of nitrogens with one attached hydrogen (secondary N) is 1. The number of carbonyl (C=O) groups is 4. The second-order valence-electron chi connectivity index (χ2n) is 30.4. The molecule has 0 aliphatic carbocycles. The number of nitrogens with zero attached hydrogens (tertiary/aromatic N) is 14. The smallest absolute Gasteiger partial charge is 0.412 e. The van der Waals surface area contributed by atoms with Gasteiger partial charge in [-0.1, -0.05) is 12.1 Å². The van der Waals surface area contributed by atoms with Gasteiger partial charge in [0.25, 0.3) is 11.8 Å². The van der Waals surface area contributed by atoms with Crippen molar-refractivity contribution in [3.8, 4) is 6.01 Å². The van der Waals surface area contributed by atoms with Crippen LogP contribution in [0, 0.1) is 0 Å². The summed E-state index contributed by atoms with van der Waals surface area (Å²) < 4.78 is 82.4. The fraction of sp³-hybridized carbons (Fsp3) is 0.577. The number of aryl methyl sites for hydroxylation is 2. The molecule has 0 radical (unpaired) electrons. The van der Waals surface area contributed by atoms with E-state index in [1.165, 1.54) is 14.7 Å². The molecule has 542 valence electrons. The van der Waals surface area contributed by atoms with Crippen molar-refractivity contribution in [2.45, 2.75) is 191 Å². The van der Waals surface area contributed by atoms with Gasteiger partial charge in [0, 0.05) is 114 Å². The highest BCUT2D eigenvalue weighted by Crippen LogP contribution is 2.50. The summed E-state index contributed by atoms with van der Waals surface area (Å²) in [6.07, 6.45) is 2.52. The SMILES string of the molecule is C[C@@H]1OC[C@@]2(Cc3nc(OC[C@@]45CCCN4C[C@H](F)C5)nc(N4CCCn5nc(C(=O)N(C)C)cc5C4)c3CO2)c2cc(NC(=O)OC(C)(C)C)ccc21.C[C@@H]1OC[C@@]2(Cc3nc(S(C)(=O)=O)nc(N4CCCn5nc(C(=O)N(C)C)cc5C4)c3CO2)c2cc(N(C(=O)O)C(C)(C)C)ccc21. The molecule has 28 nitrogen and oxygen atoms in total. The Bertz CT molecular complexity index is 4360. The van der Waals surface area contributed by atoms with Crippen LogP contribution in [0.5, 0.6) is 6.01 Å². The number of rotatable bonds is 10. The highest BCUT2D eigenvalue weighted by Gasteiger charge is 2.51. The maximum absolute atomic E-state index is 14.7. The highest BCUT2D eigenvalue weighted by molar-refractivity contribution is 7.90. The van der Waals surface area contributed by atoms with E-state index in [4.69, 9.17) is 38.4 Å². The van der Waals surface area contributed by atoms with Crippen molar-refractivity contribution in [1.82, 2.24) is 54.2 Å². The highest BCUT2D eigenvalue weighted by atomic mass is 32.2. The van der Waals surface area contributed by atoms with Gasteiger partial charge in [-0.2, -0.15) is 20.2 Å². The summed E-state index contributed by atoms with van der Waals surface area (Å²) in [5.41, 5.74) is 6.31. The van der Waals surface area contributed by atoms with Gasteiger partial charge in [0.05, 0.1) is 80.0 Å². The number of benzene rings is 2. The van der Waals surface area contributed by atoms with Gasteiger partial charge in [0.15, 0.2) is 11.4 Å². The number of sulfone groups is 1. The van der Waals surface area contributed by atoms with Crippen molar-refractivity contribution in [1.29, 1.82) is 0 Å². The first-order valence-electron chi connectivity index (χ1n) is 34.6. The molecular formula is C71H92FN15O13S. The molecule has 8 aliphatic rings. The van der Waals surface area contributed by atoms with E-state index in [0.29, 0.717) is 117 Å². The van der Waals surface area contributed by atoms with Crippen molar-refractivity contribution in [3.05, 3.63) is 116 Å². The van der Waals surface area contributed by atoms with Gasteiger partial charge in [0.2, 0.25) is 15.0 Å². The number of anilines is 4. The van der Waals surface area contributed by atoms with Gasteiger partial charge in [-0.25, -0.2) is 32.4 Å². The second kappa shape index (κ2) is 26.8. The third kappa shape index (κ3) is 14.1. The summed E-state index contributed by atoms with van der Waals surface area (Å²) in [5.74, 6) is 0.828. The molecular weight excluding hydrogens is 1320 g/mol. The quantitative estimate of drug-likeness (QED) is 0.121. The molecule has 30 heteroatoms. The molecule has 4 aromatic heterocycles. The predicted octanol–water partition coefficient (Wildman–Crippen LogP) is 8.68. The van der Waals surface area contributed by atoms with Crippen molar-refractivity contribution < 1.29 is 65.5 Å².